The second-order valence-corrected chi connectivity index (χ2v) is 6.83. The fourth-order valence-corrected chi connectivity index (χ4v) is 2.97. The summed E-state index contributed by atoms with van der Waals surface area (Å²) in [5.41, 5.74) is 1.94. The summed E-state index contributed by atoms with van der Waals surface area (Å²) >= 11 is 11.3. The molecule has 0 unspecified atom stereocenters. The van der Waals surface area contributed by atoms with E-state index in [9.17, 15) is 9.18 Å². The van der Waals surface area contributed by atoms with Gasteiger partial charge in [-0.2, -0.15) is 5.10 Å². The maximum Gasteiger partial charge on any atom is 0.338 e. The minimum absolute atomic E-state index is 0.326. The molecule has 0 amide bonds. The van der Waals surface area contributed by atoms with Crippen molar-refractivity contribution >= 4 is 46.4 Å². The number of anilines is 2. The van der Waals surface area contributed by atoms with Gasteiger partial charge in [-0.3, -0.25) is 4.68 Å². The number of nitrogens with one attached hydrogen (secondary N) is 2. The van der Waals surface area contributed by atoms with Gasteiger partial charge < -0.3 is 15.4 Å². The summed E-state index contributed by atoms with van der Waals surface area (Å²) in [6.07, 6.45) is 1.76. The van der Waals surface area contributed by atoms with Crippen molar-refractivity contribution in [2.75, 3.05) is 17.2 Å². The van der Waals surface area contributed by atoms with E-state index in [-0.39, 0.29) is 11.8 Å². The fourth-order valence-electron chi connectivity index (χ4n) is 2.52. The second kappa shape index (κ2) is 9.49. The van der Waals surface area contributed by atoms with Crippen LogP contribution in [0, 0.1) is 5.82 Å². The molecule has 2 aromatic carbocycles. The SMILES string of the molecule is CCOC(=O)c1ccc(NC(=S)Nc2ccn(Cc3ccc(F)cc3Cl)n2)cc1. The van der Waals surface area contributed by atoms with Gasteiger partial charge in [-0.05, 0) is 61.1 Å². The van der Waals surface area contributed by atoms with E-state index in [0.29, 0.717) is 40.4 Å². The van der Waals surface area contributed by atoms with Crippen LogP contribution in [-0.2, 0) is 11.3 Å². The van der Waals surface area contributed by atoms with Crippen LogP contribution < -0.4 is 10.6 Å². The van der Waals surface area contributed by atoms with Crippen molar-refractivity contribution in [1.82, 2.24) is 9.78 Å². The van der Waals surface area contributed by atoms with Gasteiger partial charge in [0.05, 0.1) is 18.7 Å². The van der Waals surface area contributed by atoms with Crippen LogP contribution >= 0.6 is 23.8 Å². The Morgan fingerprint density at radius 1 is 1.21 bits per heavy atom. The van der Waals surface area contributed by atoms with Gasteiger partial charge in [0.25, 0.3) is 0 Å². The molecule has 0 aliphatic heterocycles. The van der Waals surface area contributed by atoms with Crippen LogP contribution in [0.25, 0.3) is 0 Å². The number of nitrogens with zero attached hydrogens (tertiary/aromatic N) is 2. The highest BCUT2D eigenvalue weighted by Crippen LogP contribution is 2.19. The van der Waals surface area contributed by atoms with Gasteiger partial charge >= 0.3 is 5.97 Å². The number of rotatable bonds is 6. The molecule has 0 spiro atoms. The number of thiocarbonyl (C=S) groups is 1. The molecule has 0 aliphatic carbocycles. The highest BCUT2D eigenvalue weighted by atomic mass is 35.5. The minimum atomic E-state index is -0.381. The number of carbonyl (C=O) groups is 1. The van der Waals surface area contributed by atoms with E-state index in [1.807, 2.05) is 0 Å². The Labute approximate surface area is 177 Å². The van der Waals surface area contributed by atoms with Crippen LogP contribution in [0.3, 0.4) is 0 Å². The molecule has 2 N–H and O–H groups in total. The Hall–Kier alpha value is -2.97. The zero-order chi connectivity index (χ0) is 20.8. The monoisotopic (exact) mass is 432 g/mol. The largest absolute Gasteiger partial charge is 0.462 e. The van der Waals surface area contributed by atoms with Gasteiger partial charge in [0.1, 0.15) is 5.82 Å². The molecule has 3 rings (SSSR count). The maximum absolute atomic E-state index is 13.1. The number of esters is 1. The Morgan fingerprint density at radius 2 is 1.97 bits per heavy atom. The van der Waals surface area contributed by atoms with E-state index in [2.05, 4.69) is 15.7 Å². The van der Waals surface area contributed by atoms with E-state index in [4.69, 9.17) is 28.6 Å². The van der Waals surface area contributed by atoms with Gasteiger partial charge in [-0.25, -0.2) is 9.18 Å². The average molecular weight is 433 g/mol. The normalized spacial score (nSPS) is 10.4. The third-order valence-corrected chi connectivity index (χ3v) is 4.44. The highest BCUT2D eigenvalue weighted by Gasteiger charge is 2.08. The molecule has 0 radical (unpaired) electrons. The molecular formula is C20H18ClFN4O2S. The number of hydrogen-bond donors (Lipinski definition) is 2. The van der Waals surface area contributed by atoms with E-state index in [0.717, 1.165) is 5.56 Å². The predicted molar refractivity (Wildman–Crippen MR) is 115 cm³/mol. The molecule has 0 fully saturated rings. The topological polar surface area (TPSA) is 68.2 Å². The lowest BCUT2D eigenvalue weighted by atomic mass is 10.2. The number of carbonyl (C=O) groups excluding carboxylic acids is 1. The van der Waals surface area contributed by atoms with Crippen molar-refractivity contribution < 1.29 is 13.9 Å². The van der Waals surface area contributed by atoms with Crippen LogP contribution in [0.1, 0.15) is 22.8 Å². The Kier molecular flexibility index (Phi) is 6.79. The summed E-state index contributed by atoms with van der Waals surface area (Å²) in [4.78, 5) is 11.7. The molecular weight excluding hydrogens is 415 g/mol. The average Bonchev–Trinajstić information content (AvgIpc) is 3.11. The quantitative estimate of drug-likeness (QED) is 0.434. The zero-order valence-electron chi connectivity index (χ0n) is 15.5. The van der Waals surface area contributed by atoms with Crippen LogP contribution in [-0.4, -0.2) is 27.5 Å². The van der Waals surface area contributed by atoms with Crippen LogP contribution in [0.2, 0.25) is 5.02 Å². The molecule has 6 nitrogen and oxygen atoms in total. The minimum Gasteiger partial charge on any atom is -0.462 e. The van der Waals surface area contributed by atoms with Crippen molar-refractivity contribution in [2.24, 2.45) is 0 Å². The predicted octanol–water partition coefficient (Wildman–Crippen LogP) is 4.71. The zero-order valence-corrected chi connectivity index (χ0v) is 17.1. The van der Waals surface area contributed by atoms with Crippen molar-refractivity contribution in [3.05, 3.63) is 76.7 Å². The molecule has 3 aromatic rings. The van der Waals surface area contributed by atoms with E-state index in [1.54, 1.807) is 54.2 Å². The van der Waals surface area contributed by atoms with E-state index in [1.165, 1.54) is 12.1 Å². The Morgan fingerprint density at radius 3 is 2.66 bits per heavy atom. The van der Waals surface area contributed by atoms with Gasteiger partial charge in [0, 0.05) is 23.0 Å². The second-order valence-electron chi connectivity index (χ2n) is 6.01. The number of halogens is 2. The van der Waals surface area contributed by atoms with Crippen LogP contribution in [0.4, 0.5) is 15.9 Å². The third-order valence-electron chi connectivity index (χ3n) is 3.88. The lowest BCUT2D eigenvalue weighted by Gasteiger charge is -2.09. The van der Waals surface area contributed by atoms with Crippen molar-refractivity contribution in [1.29, 1.82) is 0 Å². The Balaban J connectivity index is 1.56. The number of hydrogen-bond acceptors (Lipinski definition) is 4. The fraction of sp³-hybridized carbons (Fsp3) is 0.150. The first-order chi connectivity index (χ1) is 13.9. The summed E-state index contributed by atoms with van der Waals surface area (Å²) in [7, 11) is 0. The third kappa shape index (κ3) is 5.75. The van der Waals surface area contributed by atoms with Crippen molar-refractivity contribution in [3.8, 4) is 0 Å². The summed E-state index contributed by atoms with van der Waals surface area (Å²) in [6.45, 7) is 2.48. The van der Waals surface area contributed by atoms with Crippen LogP contribution in [0.5, 0.6) is 0 Å². The van der Waals surface area contributed by atoms with Gasteiger partial charge in [0.15, 0.2) is 10.9 Å². The molecule has 0 atom stereocenters. The molecule has 1 heterocycles. The summed E-state index contributed by atoms with van der Waals surface area (Å²) in [5, 5.41) is 11.1. The summed E-state index contributed by atoms with van der Waals surface area (Å²) < 4.78 is 19.8. The highest BCUT2D eigenvalue weighted by molar-refractivity contribution is 7.80. The molecule has 1 aromatic heterocycles. The smallest absolute Gasteiger partial charge is 0.338 e. The van der Waals surface area contributed by atoms with E-state index >= 15 is 0 Å². The Bertz CT molecular complexity index is 1020. The van der Waals surface area contributed by atoms with Crippen molar-refractivity contribution in [3.63, 3.8) is 0 Å². The summed E-state index contributed by atoms with van der Waals surface area (Å²) in [5.74, 6) is -0.205. The van der Waals surface area contributed by atoms with Gasteiger partial charge in [-0.1, -0.05) is 17.7 Å². The van der Waals surface area contributed by atoms with Gasteiger partial charge in [-0.15, -0.1) is 0 Å². The molecule has 29 heavy (non-hydrogen) atoms. The lowest BCUT2D eigenvalue weighted by molar-refractivity contribution is 0.0526. The standard InChI is InChI=1S/C20H18ClFN4O2S/c1-2-28-19(27)13-4-7-16(8-5-13)23-20(29)24-18-9-10-26(25-18)12-14-3-6-15(22)11-17(14)21/h3-11H,2,12H2,1H3,(H2,23,24,25,29). The van der Waals surface area contributed by atoms with Crippen molar-refractivity contribution in [2.45, 2.75) is 13.5 Å². The first kappa shape index (κ1) is 20.8. The van der Waals surface area contributed by atoms with E-state index < -0.39 is 0 Å². The lowest BCUT2D eigenvalue weighted by Crippen LogP contribution is -2.19. The summed E-state index contributed by atoms with van der Waals surface area (Å²) in [6, 6.07) is 12.8. The molecule has 0 bridgehead atoms. The number of aromatic nitrogens is 2. The first-order valence-corrected chi connectivity index (χ1v) is 9.56. The number of benzene rings is 2. The maximum atomic E-state index is 13.1. The molecule has 9 heteroatoms. The molecule has 0 saturated heterocycles. The number of ether oxygens (including phenoxy) is 1. The van der Waals surface area contributed by atoms with Crippen LogP contribution in [0.15, 0.2) is 54.7 Å². The molecule has 0 saturated carbocycles. The molecule has 0 aliphatic rings. The first-order valence-electron chi connectivity index (χ1n) is 8.77. The molecule has 150 valence electrons. The van der Waals surface area contributed by atoms with Gasteiger partial charge in [0.2, 0.25) is 0 Å².